The Kier molecular flexibility index (Phi) is 10.9. The third kappa shape index (κ3) is 7.69. The average molecular weight is 595 g/mol. The molecule has 1 N–H and O–H groups in total. The van der Waals surface area contributed by atoms with Crippen LogP contribution in [0.2, 0.25) is 5.02 Å². The lowest BCUT2D eigenvalue weighted by Gasteiger charge is -2.38. The van der Waals surface area contributed by atoms with E-state index >= 15 is 4.39 Å². The molecule has 0 amide bonds. The molecule has 0 saturated carbocycles. The Hall–Kier alpha value is -2.89. The zero-order valence-electron chi connectivity index (χ0n) is 24.1. The third-order valence-electron chi connectivity index (χ3n) is 7.84. The maximum absolute atomic E-state index is 15.3. The quantitative estimate of drug-likeness (QED) is 0.328. The Labute approximate surface area is 245 Å². The number of carboxylic acid groups (broad SMARTS) is 1. The second kappa shape index (κ2) is 14.3. The number of ether oxygens (including phenoxy) is 4. The van der Waals surface area contributed by atoms with Gasteiger partial charge in [0.05, 0.1) is 47.9 Å². The molecule has 2 aromatic rings. The molecule has 12 heteroatoms. The molecule has 5 atom stereocenters. The van der Waals surface area contributed by atoms with Gasteiger partial charge in [0.25, 0.3) is 5.88 Å². The highest BCUT2D eigenvalue weighted by atomic mass is 35.5. The zero-order valence-corrected chi connectivity index (χ0v) is 24.8. The number of carboxylic acids is 1. The summed E-state index contributed by atoms with van der Waals surface area (Å²) in [6.45, 7) is 9.31. The van der Waals surface area contributed by atoms with Crippen molar-refractivity contribution in [3.05, 3.63) is 35.4 Å². The Morgan fingerprint density at radius 3 is 2.66 bits per heavy atom. The summed E-state index contributed by atoms with van der Waals surface area (Å²) in [5.74, 6) is -1.03. The van der Waals surface area contributed by atoms with Crippen molar-refractivity contribution in [2.45, 2.75) is 58.3 Å². The lowest BCUT2D eigenvalue weighted by atomic mass is 9.96. The molecule has 4 rings (SSSR count). The van der Waals surface area contributed by atoms with Crippen molar-refractivity contribution in [2.75, 3.05) is 56.4 Å². The number of pyridine rings is 2. The van der Waals surface area contributed by atoms with Crippen LogP contribution in [0, 0.1) is 17.7 Å². The van der Waals surface area contributed by atoms with Gasteiger partial charge in [-0.15, -0.1) is 0 Å². The molecular weight excluding hydrogens is 555 g/mol. The monoisotopic (exact) mass is 594 g/mol. The topological polar surface area (TPSA) is 106 Å². The number of nitrogens with zero attached hydrogens (tertiary/aromatic N) is 4. The molecule has 226 valence electrons. The zero-order chi connectivity index (χ0) is 29.5. The van der Waals surface area contributed by atoms with Gasteiger partial charge < -0.3 is 33.9 Å². The van der Waals surface area contributed by atoms with Crippen LogP contribution in [-0.4, -0.2) is 85.9 Å². The van der Waals surface area contributed by atoms with Crippen LogP contribution in [0.5, 0.6) is 11.8 Å². The van der Waals surface area contributed by atoms with Crippen molar-refractivity contribution in [3.63, 3.8) is 0 Å². The maximum Gasteiger partial charge on any atom is 0.305 e. The standard InChI is InChI=1S/C29H40ClFN4O6/c1-5-39-27-12-24(21(30)15-32-27)34-8-7-25(18(2)16-34)41-29-22(31)11-20(14-33-29)35-17-26(40-10-6-9-38-4)19(3)23(35)13-28(36)37/h11-12,14-15,18-19,23,25-26H,5-10,13,16-17H2,1-4H3,(H,36,37)/t18?,19-,23-,25?,26-/m0/s1. The first kappa shape index (κ1) is 31.1. The number of hydrogen-bond acceptors (Lipinski definition) is 9. The van der Waals surface area contributed by atoms with Gasteiger partial charge in [0.2, 0.25) is 5.88 Å². The minimum atomic E-state index is -0.914. The molecule has 4 heterocycles. The summed E-state index contributed by atoms with van der Waals surface area (Å²) in [6, 6.07) is 2.87. The van der Waals surface area contributed by atoms with Gasteiger partial charge in [-0.05, 0) is 13.3 Å². The summed E-state index contributed by atoms with van der Waals surface area (Å²) in [7, 11) is 1.64. The number of aliphatic carboxylic acids is 1. The van der Waals surface area contributed by atoms with Crippen LogP contribution >= 0.6 is 11.6 Å². The summed E-state index contributed by atoms with van der Waals surface area (Å²) in [5.41, 5.74) is 1.36. The highest BCUT2D eigenvalue weighted by Crippen LogP contribution is 2.36. The molecule has 2 unspecified atom stereocenters. The number of piperidine rings is 1. The molecule has 0 radical (unpaired) electrons. The fourth-order valence-corrected chi connectivity index (χ4v) is 5.86. The molecule has 0 bridgehead atoms. The Morgan fingerprint density at radius 1 is 1.17 bits per heavy atom. The molecular formula is C29H40ClFN4O6. The number of carbonyl (C=O) groups is 1. The number of methoxy groups -OCH3 is 1. The van der Waals surface area contributed by atoms with Gasteiger partial charge in [-0.25, -0.2) is 14.4 Å². The molecule has 2 aromatic heterocycles. The van der Waals surface area contributed by atoms with Crippen LogP contribution < -0.4 is 19.3 Å². The largest absolute Gasteiger partial charge is 0.481 e. The Bertz CT molecular complexity index is 1180. The van der Waals surface area contributed by atoms with Crippen molar-refractivity contribution >= 4 is 28.9 Å². The van der Waals surface area contributed by atoms with Crippen molar-refractivity contribution in [2.24, 2.45) is 11.8 Å². The molecule has 41 heavy (non-hydrogen) atoms. The first-order valence-electron chi connectivity index (χ1n) is 14.2. The predicted molar refractivity (Wildman–Crippen MR) is 154 cm³/mol. The number of aromatic nitrogens is 2. The number of anilines is 2. The van der Waals surface area contributed by atoms with Gasteiger partial charge in [-0.3, -0.25) is 4.79 Å². The Balaban J connectivity index is 1.41. The molecule has 2 saturated heterocycles. The molecule has 2 aliphatic rings. The van der Waals surface area contributed by atoms with Gasteiger partial charge in [0.15, 0.2) is 5.82 Å². The summed E-state index contributed by atoms with van der Waals surface area (Å²) in [5, 5.41) is 10.1. The number of halogens is 2. The van der Waals surface area contributed by atoms with E-state index in [1.54, 1.807) is 19.5 Å². The number of hydrogen-bond donors (Lipinski definition) is 1. The second-order valence-electron chi connectivity index (χ2n) is 10.7. The van der Waals surface area contributed by atoms with E-state index in [4.69, 9.17) is 30.5 Å². The van der Waals surface area contributed by atoms with E-state index in [-0.39, 0.29) is 42.4 Å². The van der Waals surface area contributed by atoms with Crippen LogP contribution in [0.1, 0.15) is 40.0 Å². The van der Waals surface area contributed by atoms with Crippen molar-refractivity contribution < 1.29 is 33.2 Å². The van der Waals surface area contributed by atoms with E-state index < -0.39 is 11.8 Å². The molecule has 0 aliphatic carbocycles. The van der Waals surface area contributed by atoms with E-state index in [0.717, 1.165) is 12.1 Å². The summed E-state index contributed by atoms with van der Waals surface area (Å²) in [4.78, 5) is 24.2. The minimum Gasteiger partial charge on any atom is -0.481 e. The number of rotatable bonds is 13. The average Bonchev–Trinajstić information content (AvgIpc) is 3.24. The molecule has 2 aliphatic heterocycles. The van der Waals surface area contributed by atoms with E-state index in [2.05, 4.69) is 21.8 Å². The van der Waals surface area contributed by atoms with E-state index in [0.29, 0.717) is 62.5 Å². The van der Waals surface area contributed by atoms with Crippen molar-refractivity contribution in [3.8, 4) is 11.8 Å². The maximum atomic E-state index is 15.3. The Morgan fingerprint density at radius 2 is 1.98 bits per heavy atom. The van der Waals surface area contributed by atoms with Gasteiger partial charge in [-0.1, -0.05) is 25.4 Å². The van der Waals surface area contributed by atoms with Gasteiger partial charge >= 0.3 is 5.97 Å². The summed E-state index contributed by atoms with van der Waals surface area (Å²) in [6.07, 6.45) is 4.05. The lowest BCUT2D eigenvalue weighted by molar-refractivity contribution is -0.137. The van der Waals surface area contributed by atoms with Crippen molar-refractivity contribution in [1.82, 2.24) is 9.97 Å². The van der Waals surface area contributed by atoms with Gasteiger partial charge in [-0.2, -0.15) is 0 Å². The smallest absolute Gasteiger partial charge is 0.305 e. The first-order valence-corrected chi connectivity index (χ1v) is 14.5. The van der Waals surface area contributed by atoms with Crippen LogP contribution in [0.3, 0.4) is 0 Å². The molecule has 2 fully saturated rings. The fraction of sp³-hybridized carbons (Fsp3) is 0.621. The predicted octanol–water partition coefficient (Wildman–Crippen LogP) is 4.68. The van der Waals surface area contributed by atoms with E-state index in [9.17, 15) is 9.90 Å². The SMILES string of the molecule is CCOc1cc(N2CCC(Oc3ncc(N4C[C@H](OCCCOC)[C@@H](C)[C@@H]4CC(=O)O)cc3F)C(C)C2)c(Cl)cn1. The van der Waals surface area contributed by atoms with Gasteiger partial charge in [0.1, 0.15) is 6.10 Å². The molecule has 0 aromatic carbocycles. The highest BCUT2D eigenvalue weighted by molar-refractivity contribution is 6.33. The molecule has 0 spiro atoms. The molecule has 10 nitrogen and oxygen atoms in total. The fourth-order valence-electron chi connectivity index (χ4n) is 5.64. The van der Waals surface area contributed by atoms with E-state index in [1.807, 2.05) is 24.8 Å². The lowest BCUT2D eigenvalue weighted by Crippen LogP contribution is -2.44. The van der Waals surface area contributed by atoms with Crippen LogP contribution in [0.25, 0.3) is 0 Å². The van der Waals surface area contributed by atoms with Crippen LogP contribution in [-0.2, 0) is 14.3 Å². The normalized spacial score (nSPS) is 24.5. The summed E-state index contributed by atoms with van der Waals surface area (Å²) >= 11 is 6.43. The van der Waals surface area contributed by atoms with E-state index in [1.165, 1.54) is 6.07 Å². The second-order valence-corrected chi connectivity index (χ2v) is 11.1. The minimum absolute atomic E-state index is 0.0582. The van der Waals surface area contributed by atoms with Crippen LogP contribution in [0.15, 0.2) is 24.5 Å². The van der Waals surface area contributed by atoms with Crippen molar-refractivity contribution in [1.29, 1.82) is 0 Å². The van der Waals surface area contributed by atoms with Crippen LogP contribution in [0.4, 0.5) is 15.8 Å². The van der Waals surface area contributed by atoms with Gasteiger partial charge in [0, 0.05) is 76.4 Å². The third-order valence-corrected chi connectivity index (χ3v) is 8.13. The first-order chi connectivity index (χ1) is 19.7. The highest BCUT2D eigenvalue weighted by Gasteiger charge is 2.41. The summed E-state index contributed by atoms with van der Waals surface area (Å²) < 4.78 is 38.1.